The number of nitrogens with one attached hydrogen (secondary N) is 1. The molecule has 0 aliphatic heterocycles. The molecule has 76 valence electrons. The van der Waals surface area contributed by atoms with Gasteiger partial charge in [-0.1, -0.05) is 6.58 Å². The van der Waals surface area contributed by atoms with Crippen molar-refractivity contribution in [1.82, 2.24) is 5.32 Å². The Balaban J connectivity index is 3.26. The predicted molar refractivity (Wildman–Crippen MR) is 50.3 cm³/mol. The average molecular weight is 187 g/mol. The number of rotatable bonds is 6. The molecule has 0 bridgehead atoms. The van der Waals surface area contributed by atoms with Gasteiger partial charge in [0.05, 0.1) is 6.10 Å². The van der Waals surface area contributed by atoms with Crippen LogP contribution in [0.3, 0.4) is 0 Å². The quantitative estimate of drug-likeness (QED) is 0.351. The van der Waals surface area contributed by atoms with Crippen molar-refractivity contribution in [3.05, 3.63) is 12.2 Å². The largest absolute Gasteiger partial charge is 0.461 e. The van der Waals surface area contributed by atoms with Crippen LogP contribution in [0.25, 0.3) is 0 Å². The van der Waals surface area contributed by atoms with E-state index in [1.165, 1.54) is 0 Å². The minimum atomic E-state index is -0.378. The van der Waals surface area contributed by atoms with Gasteiger partial charge in [-0.25, -0.2) is 4.79 Å². The monoisotopic (exact) mass is 187 g/mol. The fourth-order valence-corrected chi connectivity index (χ4v) is 0.650. The lowest BCUT2D eigenvalue weighted by Gasteiger charge is -2.07. The zero-order valence-corrected chi connectivity index (χ0v) is 8.17. The Morgan fingerprint density at radius 1 is 1.69 bits per heavy atom. The number of hydrogen-bond acceptors (Lipinski definition) is 4. The first-order chi connectivity index (χ1) is 6.04. The van der Waals surface area contributed by atoms with E-state index in [9.17, 15) is 4.79 Å². The van der Waals surface area contributed by atoms with E-state index < -0.39 is 0 Å². The Morgan fingerprint density at radius 3 is 2.77 bits per heavy atom. The summed E-state index contributed by atoms with van der Waals surface area (Å²) in [5, 5.41) is 11.8. The Bertz CT molecular complexity index is 178. The number of hydrogen-bond donors (Lipinski definition) is 2. The molecule has 0 spiro atoms. The van der Waals surface area contributed by atoms with Crippen molar-refractivity contribution in [2.24, 2.45) is 0 Å². The molecular weight excluding hydrogens is 170 g/mol. The van der Waals surface area contributed by atoms with Crippen LogP contribution < -0.4 is 5.32 Å². The smallest absolute Gasteiger partial charge is 0.333 e. The van der Waals surface area contributed by atoms with Crippen molar-refractivity contribution < 1.29 is 14.6 Å². The molecule has 1 atom stereocenters. The van der Waals surface area contributed by atoms with Crippen LogP contribution in [0, 0.1) is 0 Å². The Morgan fingerprint density at radius 2 is 2.31 bits per heavy atom. The van der Waals surface area contributed by atoms with Gasteiger partial charge >= 0.3 is 5.97 Å². The summed E-state index contributed by atoms with van der Waals surface area (Å²) in [5.74, 6) is -0.376. The molecule has 0 aliphatic rings. The minimum Gasteiger partial charge on any atom is -0.461 e. The molecule has 4 heteroatoms. The van der Waals surface area contributed by atoms with Crippen molar-refractivity contribution in [3.8, 4) is 0 Å². The Hall–Kier alpha value is -0.870. The van der Waals surface area contributed by atoms with Gasteiger partial charge in [-0.2, -0.15) is 0 Å². The number of carbonyl (C=O) groups excluding carboxylic acids is 1. The molecule has 0 amide bonds. The minimum absolute atomic E-state index is 0.304. The van der Waals surface area contributed by atoms with Gasteiger partial charge in [0, 0.05) is 18.7 Å². The van der Waals surface area contributed by atoms with Gasteiger partial charge in [-0.05, 0) is 13.8 Å². The molecule has 0 aromatic rings. The second-order valence-corrected chi connectivity index (χ2v) is 2.97. The summed E-state index contributed by atoms with van der Waals surface area (Å²) in [6.07, 6.45) is -0.378. The molecule has 0 aromatic heterocycles. The summed E-state index contributed by atoms with van der Waals surface area (Å²) in [4.78, 5) is 10.8. The SMILES string of the molecule is C=C(C)C(=O)OCCNCC(C)O. The maximum Gasteiger partial charge on any atom is 0.333 e. The number of carbonyl (C=O) groups is 1. The van der Waals surface area contributed by atoms with Crippen molar-refractivity contribution in [2.75, 3.05) is 19.7 Å². The van der Waals surface area contributed by atoms with Gasteiger partial charge in [-0.3, -0.25) is 0 Å². The topological polar surface area (TPSA) is 58.6 Å². The molecule has 0 aliphatic carbocycles. The van der Waals surface area contributed by atoms with E-state index in [0.29, 0.717) is 25.3 Å². The van der Waals surface area contributed by atoms with E-state index in [2.05, 4.69) is 11.9 Å². The van der Waals surface area contributed by atoms with E-state index in [1.807, 2.05) is 0 Å². The average Bonchev–Trinajstić information content (AvgIpc) is 2.02. The summed E-state index contributed by atoms with van der Waals surface area (Å²) >= 11 is 0. The molecule has 0 saturated heterocycles. The third-order valence-corrected chi connectivity index (χ3v) is 1.30. The highest BCUT2D eigenvalue weighted by Gasteiger charge is 2.01. The molecule has 0 aromatic carbocycles. The zero-order valence-electron chi connectivity index (χ0n) is 8.17. The summed E-state index contributed by atoms with van der Waals surface area (Å²) in [6.45, 7) is 8.09. The fourth-order valence-electron chi connectivity index (χ4n) is 0.650. The van der Waals surface area contributed by atoms with Crippen LogP contribution in [0.1, 0.15) is 13.8 Å². The summed E-state index contributed by atoms with van der Waals surface area (Å²) in [5.41, 5.74) is 0.399. The lowest BCUT2D eigenvalue weighted by Crippen LogP contribution is -2.28. The number of esters is 1. The summed E-state index contributed by atoms with van der Waals surface area (Å²) in [6, 6.07) is 0. The Labute approximate surface area is 78.6 Å². The van der Waals surface area contributed by atoms with Crippen molar-refractivity contribution in [2.45, 2.75) is 20.0 Å². The van der Waals surface area contributed by atoms with Gasteiger partial charge in [-0.15, -0.1) is 0 Å². The van der Waals surface area contributed by atoms with Gasteiger partial charge in [0.1, 0.15) is 6.61 Å². The molecule has 0 radical (unpaired) electrons. The molecule has 0 rings (SSSR count). The van der Waals surface area contributed by atoms with E-state index in [4.69, 9.17) is 9.84 Å². The van der Waals surface area contributed by atoms with Crippen LogP contribution in [-0.2, 0) is 9.53 Å². The standard InChI is InChI=1S/C9H17NO3/c1-7(2)9(12)13-5-4-10-6-8(3)11/h8,10-11H,1,4-6H2,2-3H3. The number of aliphatic hydroxyl groups is 1. The van der Waals surface area contributed by atoms with E-state index >= 15 is 0 Å². The molecule has 0 fully saturated rings. The van der Waals surface area contributed by atoms with Crippen LogP contribution in [-0.4, -0.2) is 36.9 Å². The molecular formula is C9H17NO3. The van der Waals surface area contributed by atoms with E-state index in [1.54, 1.807) is 13.8 Å². The maximum absolute atomic E-state index is 10.8. The van der Waals surface area contributed by atoms with Crippen LogP contribution in [0.15, 0.2) is 12.2 Å². The molecule has 2 N–H and O–H groups in total. The molecule has 0 saturated carbocycles. The normalized spacial score (nSPS) is 12.2. The van der Waals surface area contributed by atoms with E-state index in [0.717, 1.165) is 0 Å². The molecule has 4 nitrogen and oxygen atoms in total. The van der Waals surface area contributed by atoms with Crippen molar-refractivity contribution in [1.29, 1.82) is 0 Å². The highest BCUT2D eigenvalue weighted by Crippen LogP contribution is 1.90. The third-order valence-electron chi connectivity index (χ3n) is 1.30. The molecule has 1 unspecified atom stereocenters. The second-order valence-electron chi connectivity index (χ2n) is 2.97. The number of aliphatic hydroxyl groups excluding tert-OH is 1. The maximum atomic E-state index is 10.8. The van der Waals surface area contributed by atoms with Gasteiger partial charge in [0.25, 0.3) is 0 Å². The second kappa shape index (κ2) is 6.62. The first-order valence-electron chi connectivity index (χ1n) is 4.25. The molecule has 0 heterocycles. The highest BCUT2D eigenvalue weighted by atomic mass is 16.5. The first kappa shape index (κ1) is 12.1. The van der Waals surface area contributed by atoms with Crippen LogP contribution in [0.4, 0.5) is 0 Å². The summed E-state index contributed by atoms with van der Waals surface area (Å²) < 4.78 is 4.80. The van der Waals surface area contributed by atoms with Crippen molar-refractivity contribution in [3.63, 3.8) is 0 Å². The third kappa shape index (κ3) is 7.49. The van der Waals surface area contributed by atoms with Crippen LogP contribution in [0.2, 0.25) is 0 Å². The van der Waals surface area contributed by atoms with Gasteiger partial charge in [0.15, 0.2) is 0 Å². The fraction of sp³-hybridized carbons (Fsp3) is 0.667. The predicted octanol–water partition coefficient (Wildman–Crippen LogP) is 0.0761. The zero-order chi connectivity index (χ0) is 10.3. The van der Waals surface area contributed by atoms with Crippen LogP contribution in [0.5, 0.6) is 0 Å². The Kier molecular flexibility index (Phi) is 6.18. The van der Waals surface area contributed by atoms with Crippen molar-refractivity contribution >= 4 is 5.97 Å². The number of ether oxygens (including phenoxy) is 1. The van der Waals surface area contributed by atoms with Gasteiger partial charge < -0.3 is 15.2 Å². The van der Waals surface area contributed by atoms with Gasteiger partial charge in [0.2, 0.25) is 0 Å². The molecule has 13 heavy (non-hydrogen) atoms. The highest BCUT2D eigenvalue weighted by molar-refractivity contribution is 5.86. The van der Waals surface area contributed by atoms with E-state index in [-0.39, 0.29) is 12.1 Å². The summed E-state index contributed by atoms with van der Waals surface area (Å²) in [7, 11) is 0. The lowest BCUT2D eigenvalue weighted by atomic mass is 10.4. The van der Waals surface area contributed by atoms with Crippen LogP contribution >= 0.6 is 0 Å². The first-order valence-corrected chi connectivity index (χ1v) is 4.25. The lowest BCUT2D eigenvalue weighted by molar-refractivity contribution is -0.138.